The van der Waals surface area contributed by atoms with E-state index >= 15 is 0 Å². The average Bonchev–Trinajstić information content (AvgIpc) is 2.65. The lowest BCUT2D eigenvalue weighted by molar-refractivity contribution is 0.972. The van der Waals surface area contributed by atoms with Crippen LogP contribution in [0.5, 0.6) is 0 Å². The van der Waals surface area contributed by atoms with Crippen LogP contribution in [0.25, 0.3) is 10.4 Å². The molecule has 3 rings (SSSR count). The molecule has 0 saturated carbocycles. The van der Waals surface area contributed by atoms with Crippen LogP contribution in [0.2, 0.25) is 0 Å². The zero-order valence-electron chi connectivity index (χ0n) is 7.14. The molecule has 1 aliphatic carbocycles. The number of aryl methyl sites for hydroxylation is 2. The second-order valence-corrected chi connectivity index (χ2v) is 9.27. The van der Waals surface area contributed by atoms with Crippen molar-refractivity contribution < 1.29 is 0 Å². The largest absolute Gasteiger partial charge is 0.134 e. The molecule has 14 heavy (non-hydrogen) atoms. The summed E-state index contributed by atoms with van der Waals surface area (Å²) in [6, 6.07) is 4.68. The minimum atomic E-state index is 1.23. The van der Waals surface area contributed by atoms with Gasteiger partial charge in [-0.2, -0.15) is 0 Å². The maximum Gasteiger partial charge on any atom is 0.0663 e. The molecule has 0 bridgehead atoms. The average molecular weight is 444 g/mol. The van der Waals surface area contributed by atoms with Crippen LogP contribution in [0.4, 0.5) is 0 Å². The number of hydrogen-bond acceptors (Lipinski definition) is 2. The van der Waals surface area contributed by atoms with Crippen LogP contribution >= 0.6 is 67.9 Å². The van der Waals surface area contributed by atoms with E-state index in [-0.39, 0.29) is 0 Å². The topological polar surface area (TPSA) is 0 Å². The summed E-state index contributed by atoms with van der Waals surface area (Å²) in [5.41, 5.74) is 3.06. The van der Waals surface area contributed by atoms with Crippen molar-refractivity contribution in [2.24, 2.45) is 0 Å². The summed E-state index contributed by atoms with van der Waals surface area (Å²) in [6.07, 6.45) is 2.47. The molecule has 0 unspecified atom stereocenters. The Morgan fingerprint density at radius 3 is 2.64 bits per heavy atom. The quantitative estimate of drug-likeness (QED) is 0.514. The van der Waals surface area contributed by atoms with E-state index < -0.39 is 0 Å². The normalized spacial score (nSPS) is 13.9. The fourth-order valence-corrected chi connectivity index (χ4v) is 5.91. The van der Waals surface area contributed by atoms with Crippen LogP contribution < -0.4 is 0 Å². The van der Waals surface area contributed by atoms with Gasteiger partial charge in [0, 0.05) is 15.3 Å². The van der Waals surface area contributed by atoms with Crippen LogP contribution in [0.1, 0.15) is 10.4 Å². The van der Waals surface area contributed by atoms with Crippen molar-refractivity contribution in [1.29, 1.82) is 0 Å². The molecule has 0 saturated heterocycles. The fraction of sp³-hybridized carbons (Fsp3) is 0.200. The Bertz CT molecular complexity index is 450. The van der Waals surface area contributed by atoms with Crippen LogP contribution in [0.15, 0.2) is 12.1 Å². The van der Waals surface area contributed by atoms with Crippen molar-refractivity contribution >= 4 is 67.9 Å². The lowest BCUT2D eigenvalue weighted by Crippen LogP contribution is -1.96. The zero-order valence-corrected chi connectivity index (χ0v) is 13.1. The summed E-state index contributed by atoms with van der Waals surface area (Å²) in [6.45, 7) is 0. The number of thiophene rings is 2. The van der Waals surface area contributed by atoms with Gasteiger partial charge in [-0.05, 0) is 75.7 Å². The van der Waals surface area contributed by atoms with E-state index in [4.69, 9.17) is 0 Å². The maximum absolute atomic E-state index is 2.43. The highest BCUT2D eigenvalue weighted by Gasteiger charge is 2.20. The smallest absolute Gasteiger partial charge is 0.0663 e. The summed E-state index contributed by atoms with van der Waals surface area (Å²) in [4.78, 5) is 3.11. The Labute approximate surface area is 118 Å². The van der Waals surface area contributed by atoms with Crippen molar-refractivity contribution in [3.8, 4) is 10.4 Å². The third-order valence-corrected chi connectivity index (χ3v) is 6.35. The first-order chi connectivity index (χ1) is 6.74. The zero-order chi connectivity index (χ0) is 9.71. The van der Waals surface area contributed by atoms with Crippen molar-refractivity contribution in [1.82, 2.24) is 0 Å². The molecule has 0 spiro atoms. The summed E-state index contributed by atoms with van der Waals surface area (Å²) < 4.78 is 2.84. The Balaban J connectivity index is 2.27. The molecule has 4 heteroatoms. The molecule has 2 heterocycles. The molecule has 1 aliphatic rings. The molecule has 0 nitrogen and oxygen atoms in total. The fourth-order valence-electron chi connectivity index (χ4n) is 1.83. The first kappa shape index (κ1) is 10.0. The van der Waals surface area contributed by atoms with Gasteiger partial charge in [-0.25, -0.2) is 0 Å². The Kier molecular flexibility index (Phi) is 2.66. The van der Waals surface area contributed by atoms with Crippen molar-refractivity contribution in [3.63, 3.8) is 0 Å². The molecule has 2 aromatic heterocycles. The highest BCUT2D eigenvalue weighted by atomic mass is 127. The third-order valence-electron chi connectivity index (χ3n) is 2.42. The summed E-state index contributed by atoms with van der Waals surface area (Å²) in [7, 11) is 0. The van der Waals surface area contributed by atoms with E-state index in [1.54, 1.807) is 10.4 Å². The number of rotatable bonds is 0. The van der Waals surface area contributed by atoms with Gasteiger partial charge >= 0.3 is 0 Å². The van der Waals surface area contributed by atoms with Crippen molar-refractivity contribution in [3.05, 3.63) is 28.3 Å². The predicted molar refractivity (Wildman–Crippen MR) is 80.5 cm³/mol. The van der Waals surface area contributed by atoms with Crippen LogP contribution in [0, 0.1) is 5.77 Å². The molecule has 0 fully saturated rings. The molecule has 2 aromatic rings. The van der Waals surface area contributed by atoms with E-state index in [2.05, 4.69) is 57.3 Å². The van der Waals surface area contributed by atoms with E-state index in [0.29, 0.717) is 0 Å². The highest BCUT2D eigenvalue weighted by molar-refractivity contribution is 14.1. The monoisotopic (exact) mass is 444 g/mol. The second-order valence-electron chi connectivity index (χ2n) is 3.29. The number of halogens is 2. The van der Waals surface area contributed by atoms with Gasteiger partial charge in [0.2, 0.25) is 0 Å². The molecular formula is C10H6I2S2. The predicted octanol–water partition coefficient (Wildman–Crippen LogP) is 4.78. The van der Waals surface area contributed by atoms with Crippen LogP contribution in [-0.2, 0) is 12.8 Å². The first-order valence-electron chi connectivity index (χ1n) is 4.31. The van der Waals surface area contributed by atoms with Crippen LogP contribution in [0.3, 0.4) is 0 Å². The molecule has 0 aromatic carbocycles. The molecule has 0 amide bonds. The SMILES string of the molecule is Ic1cc2c(s1)CCc1cc(I)sc1-2. The lowest BCUT2D eigenvalue weighted by Gasteiger charge is -2.10. The Morgan fingerprint density at radius 2 is 1.79 bits per heavy atom. The van der Waals surface area contributed by atoms with Gasteiger partial charge in [0.15, 0.2) is 0 Å². The van der Waals surface area contributed by atoms with Gasteiger partial charge in [-0.15, -0.1) is 22.7 Å². The second kappa shape index (κ2) is 3.71. The number of fused-ring (bicyclic) bond motifs is 3. The van der Waals surface area contributed by atoms with E-state index in [0.717, 1.165) is 0 Å². The molecule has 0 aliphatic heterocycles. The van der Waals surface area contributed by atoms with E-state index in [1.807, 2.05) is 22.7 Å². The van der Waals surface area contributed by atoms with Gasteiger partial charge in [0.1, 0.15) is 0 Å². The van der Waals surface area contributed by atoms with Gasteiger partial charge in [-0.1, -0.05) is 0 Å². The summed E-state index contributed by atoms with van der Waals surface area (Å²) in [5, 5.41) is 0. The number of hydrogen-bond donors (Lipinski definition) is 0. The van der Waals surface area contributed by atoms with Crippen molar-refractivity contribution in [2.75, 3.05) is 0 Å². The molecule has 72 valence electrons. The first-order valence-corrected chi connectivity index (χ1v) is 8.10. The minimum absolute atomic E-state index is 1.23. The molecule has 0 atom stereocenters. The van der Waals surface area contributed by atoms with Crippen molar-refractivity contribution in [2.45, 2.75) is 12.8 Å². The summed E-state index contributed by atoms with van der Waals surface area (Å²) in [5.74, 6) is 0. The van der Waals surface area contributed by atoms with E-state index in [1.165, 1.54) is 29.0 Å². The summed E-state index contributed by atoms with van der Waals surface area (Å²) >= 11 is 8.74. The Hall–Kier alpha value is 0.860. The van der Waals surface area contributed by atoms with Crippen LogP contribution in [-0.4, -0.2) is 0 Å². The van der Waals surface area contributed by atoms with Gasteiger partial charge in [-0.3, -0.25) is 0 Å². The molecule has 0 radical (unpaired) electrons. The Morgan fingerprint density at radius 1 is 1.00 bits per heavy atom. The standard InChI is InChI=1S/C10H6I2S2/c11-8-3-5-1-2-7-6(10(5)14-8)4-9(12)13-7/h3-4H,1-2H2. The maximum atomic E-state index is 2.43. The van der Waals surface area contributed by atoms with Gasteiger partial charge in [0.05, 0.1) is 5.77 Å². The third kappa shape index (κ3) is 1.58. The molecular weight excluding hydrogens is 438 g/mol. The van der Waals surface area contributed by atoms with Gasteiger partial charge in [0.25, 0.3) is 0 Å². The minimum Gasteiger partial charge on any atom is -0.134 e. The lowest BCUT2D eigenvalue weighted by atomic mass is 9.99. The molecule has 0 N–H and O–H groups in total. The highest BCUT2D eigenvalue weighted by Crippen LogP contribution is 2.43. The van der Waals surface area contributed by atoms with E-state index in [9.17, 15) is 0 Å². The van der Waals surface area contributed by atoms with Gasteiger partial charge < -0.3 is 0 Å².